The van der Waals surface area contributed by atoms with Crippen LogP contribution in [0.4, 0.5) is 4.79 Å². The van der Waals surface area contributed by atoms with Crippen molar-refractivity contribution >= 4 is 23.8 Å². The number of benzene rings is 1. The maximum absolute atomic E-state index is 12.0. The van der Waals surface area contributed by atoms with Crippen molar-refractivity contribution < 1.29 is 28.7 Å². The number of carbonyl (C=O) groups is 4. The summed E-state index contributed by atoms with van der Waals surface area (Å²) in [7, 11) is 0. The zero-order valence-electron chi connectivity index (χ0n) is 15.2. The molecule has 0 heterocycles. The van der Waals surface area contributed by atoms with Crippen molar-refractivity contribution in [1.82, 2.24) is 16.0 Å². The predicted octanol–water partition coefficient (Wildman–Crippen LogP) is 0.759. The van der Waals surface area contributed by atoms with Crippen LogP contribution < -0.4 is 20.7 Å². The fourth-order valence-corrected chi connectivity index (χ4v) is 1.78. The zero-order chi connectivity index (χ0) is 20.2. The van der Waals surface area contributed by atoms with Gasteiger partial charge in [-0.2, -0.15) is 0 Å². The summed E-state index contributed by atoms with van der Waals surface area (Å²) in [5.74, 6) is -1.46. The maximum atomic E-state index is 12.0. The number of ether oxygens (including phenoxy) is 2. The molecule has 1 aromatic carbocycles. The van der Waals surface area contributed by atoms with Crippen LogP contribution in [0.1, 0.15) is 24.2 Å². The summed E-state index contributed by atoms with van der Waals surface area (Å²) in [6.45, 7) is 6.31. The Morgan fingerprint density at radius 3 is 2.37 bits per heavy atom. The molecule has 3 N–H and O–H groups in total. The number of rotatable bonds is 9. The summed E-state index contributed by atoms with van der Waals surface area (Å²) in [4.78, 5) is 46.2. The van der Waals surface area contributed by atoms with Gasteiger partial charge in [0.15, 0.2) is 6.61 Å². The highest BCUT2D eigenvalue weighted by Crippen LogP contribution is 2.13. The summed E-state index contributed by atoms with van der Waals surface area (Å²) in [5, 5.41) is 6.67. The van der Waals surface area contributed by atoms with E-state index in [4.69, 9.17) is 4.74 Å². The van der Waals surface area contributed by atoms with E-state index in [9.17, 15) is 19.2 Å². The average Bonchev–Trinajstić information content (AvgIpc) is 2.62. The number of hydrogen-bond acceptors (Lipinski definition) is 6. The summed E-state index contributed by atoms with van der Waals surface area (Å²) in [6, 6.07) is 5.69. The van der Waals surface area contributed by atoms with Crippen LogP contribution in [0.15, 0.2) is 36.9 Å². The predicted molar refractivity (Wildman–Crippen MR) is 97.2 cm³/mol. The number of hydrogen-bond donors (Lipinski definition) is 3. The van der Waals surface area contributed by atoms with Crippen LogP contribution in [0.5, 0.6) is 5.75 Å². The third kappa shape index (κ3) is 9.05. The molecule has 1 aromatic rings. The lowest BCUT2D eigenvalue weighted by molar-refractivity contribution is -0.147. The van der Waals surface area contributed by atoms with E-state index in [1.165, 1.54) is 6.08 Å². The molecule has 0 spiro atoms. The molecule has 0 atom stereocenters. The van der Waals surface area contributed by atoms with Crippen molar-refractivity contribution in [2.75, 3.05) is 19.7 Å². The lowest BCUT2D eigenvalue weighted by Crippen LogP contribution is -2.42. The first-order chi connectivity index (χ1) is 12.8. The van der Waals surface area contributed by atoms with E-state index in [-0.39, 0.29) is 12.6 Å². The van der Waals surface area contributed by atoms with Gasteiger partial charge in [-0.3, -0.25) is 19.7 Å². The Kier molecular flexibility index (Phi) is 9.07. The Hall–Kier alpha value is -3.36. The molecule has 146 valence electrons. The summed E-state index contributed by atoms with van der Waals surface area (Å²) in [5.41, 5.74) is 0.343. The molecule has 0 saturated carbocycles. The fourth-order valence-electron chi connectivity index (χ4n) is 1.78. The Bertz CT molecular complexity index is 685. The van der Waals surface area contributed by atoms with Crippen LogP contribution in [-0.2, 0) is 14.3 Å². The quantitative estimate of drug-likeness (QED) is 0.431. The van der Waals surface area contributed by atoms with Crippen LogP contribution >= 0.6 is 0 Å². The number of esters is 1. The Morgan fingerprint density at radius 1 is 1.11 bits per heavy atom. The number of carbonyl (C=O) groups excluding carboxylic acids is 4. The number of nitrogens with one attached hydrogen (secondary N) is 3. The van der Waals surface area contributed by atoms with Gasteiger partial charge >= 0.3 is 12.0 Å². The second kappa shape index (κ2) is 11.3. The van der Waals surface area contributed by atoms with Crippen LogP contribution in [0.2, 0.25) is 0 Å². The van der Waals surface area contributed by atoms with Crippen molar-refractivity contribution in [1.29, 1.82) is 0 Å². The summed E-state index contributed by atoms with van der Waals surface area (Å²) in [6.07, 6.45) is 1.46. The van der Waals surface area contributed by atoms with Gasteiger partial charge in [0.25, 0.3) is 11.8 Å². The van der Waals surface area contributed by atoms with Gasteiger partial charge < -0.3 is 20.1 Å². The molecule has 0 aliphatic heterocycles. The molecule has 1 rings (SSSR count). The SMILES string of the molecule is C=CCNC(=O)NC(=O)COC(=O)CNC(=O)c1ccc(OC(C)C)cc1. The van der Waals surface area contributed by atoms with Crippen LogP contribution in [0, 0.1) is 0 Å². The molecule has 9 nitrogen and oxygen atoms in total. The first-order valence-electron chi connectivity index (χ1n) is 8.21. The molecule has 0 radical (unpaired) electrons. The molecule has 0 saturated heterocycles. The van der Waals surface area contributed by atoms with Crippen LogP contribution in [-0.4, -0.2) is 49.6 Å². The minimum atomic E-state index is -0.815. The molecule has 0 aromatic heterocycles. The Balaban J connectivity index is 2.32. The topological polar surface area (TPSA) is 123 Å². The third-order valence-corrected chi connectivity index (χ3v) is 2.91. The molecular formula is C18H23N3O6. The van der Waals surface area contributed by atoms with E-state index >= 15 is 0 Å². The lowest BCUT2D eigenvalue weighted by atomic mass is 10.2. The van der Waals surface area contributed by atoms with E-state index in [0.717, 1.165) is 0 Å². The highest BCUT2D eigenvalue weighted by atomic mass is 16.5. The first kappa shape index (κ1) is 21.7. The van der Waals surface area contributed by atoms with Crippen molar-refractivity contribution in [3.05, 3.63) is 42.5 Å². The zero-order valence-corrected chi connectivity index (χ0v) is 15.2. The summed E-state index contributed by atoms with van der Waals surface area (Å²) >= 11 is 0. The number of urea groups is 1. The van der Waals surface area contributed by atoms with Gasteiger partial charge in [0.2, 0.25) is 0 Å². The van der Waals surface area contributed by atoms with E-state index < -0.39 is 37.0 Å². The molecule has 0 unspecified atom stereocenters. The smallest absolute Gasteiger partial charge is 0.325 e. The Labute approximate surface area is 157 Å². The van der Waals surface area contributed by atoms with E-state index in [1.54, 1.807) is 24.3 Å². The Morgan fingerprint density at radius 2 is 1.78 bits per heavy atom. The molecule has 0 fully saturated rings. The number of imide groups is 1. The highest BCUT2D eigenvalue weighted by Gasteiger charge is 2.12. The van der Waals surface area contributed by atoms with Gasteiger partial charge in [0.1, 0.15) is 12.3 Å². The van der Waals surface area contributed by atoms with Crippen molar-refractivity contribution in [3.63, 3.8) is 0 Å². The van der Waals surface area contributed by atoms with Gasteiger partial charge in [-0.05, 0) is 38.1 Å². The maximum Gasteiger partial charge on any atom is 0.325 e. The fraction of sp³-hybridized carbons (Fsp3) is 0.333. The van der Waals surface area contributed by atoms with E-state index in [1.807, 2.05) is 19.2 Å². The minimum Gasteiger partial charge on any atom is -0.491 e. The first-order valence-corrected chi connectivity index (χ1v) is 8.21. The van der Waals surface area contributed by atoms with Crippen LogP contribution in [0.3, 0.4) is 0 Å². The third-order valence-electron chi connectivity index (χ3n) is 2.91. The highest BCUT2D eigenvalue weighted by molar-refractivity contribution is 5.97. The number of amides is 4. The summed E-state index contributed by atoms with van der Waals surface area (Å²) < 4.78 is 10.1. The van der Waals surface area contributed by atoms with Crippen LogP contribution in [0.25, 0.3) is 0 Å². The van der Waals surface area contributed by atoms with Gasteiger partial charge in [0.05, 0.1) is 6.10 Å². The van der Waals surface area contributed by atoms with Gasteiger partial charge in [0, 0.05) is 12.1 Å². The standard InChI is InChI=1S/C18H23N3O6/c1-4-9-19-18(25)21-15(22)11-26-16(23)10-20-17(24)13-5-7-14(8-6-13)27-12(2)3/h4-8,12H,1,9-11H2,2-3H3,(H,20,24)(H2,19,21,22,25). The monoisotopic (exact) mass is 377 g/mol. The average molecular weight is 377 g/mol. The molecule has 0 bridgehead atoms. The molecule has 0 aliphatic carbocycles. The minimum absolute atomic E-state index is 0.0182. The second-order valence-electron chi connectivity index (χ2n) is 5.58. The van der Waals surface area contributed by atoms with Crippen molar-refractivity contribution in [2.45, 2.75) is 20.0 Å². The van der Waals surface area contributed by atoms with Gasteiger partial charge in [-0.15, -0.1) is 6.58 Å². The van der Waals surface area contributed by atoms with Gasteiger partial charge in [-0.25, -0.2) is 4.79 Å². The van der Waals surface area contributed by atoms with Gasteiger partial charge in [-0.1, -0.05) is 6.08 Å². The molecule has 4 amide bonds. The molecule has 9 heteroatoms. The van der Waals surface area contributed by atoms with Crippen molar-refractivity contribution in [2.24, 2.45) is 0 Å². The largest absolute Gasteiger partial charge is 0.491 e. The lowest BCUT2D eigenvalue weighted by Gasteiger charge is -2.10. The normalized spacial score (nSPS) is 9.89. The molecule has 27 heavy (non-hydrogen) atoms. The van der Waals surface area contributed by atoms with E-state index in [0.29, 0.717) is 11.3 Å². The molecule has 0 aliphatic rings. The van der Waals surface area contributed by atoms with E-state index in [2.05, 4.69) is 21.9 Å². The second-order valence-corrected chi connectivity index (χ2v) is 5.58. The molecular weight excluding hydrogens is 354 g/mol. The van der Waals surface area contributed by atoms with Crippen molar-refractivity contribution in [3.8, 4) is 5.75 Å².